The maximum Gasteiger partial charge on any atom is 0.0177 e. The van der Waals surface area contributed by atoms with E-state index in [1.165, 1.54) is 19.3 Å². The molecule has 0 bridgehead atoms. The predicted molar refractivity (Wildman–Crippen MR) is 66.9 cm³/mol. The molecule has 0 saturated heterocycles. The summed E-state index contributed by atoms with van der Waals surface area (Å²) in [6.45, 7) is 7.05. The molecular weight excluding hydrogens is 188 g/mol. The van der Waals surface area contributed by atoms with E-state index in [0.717, 1.165) is 32.6 Å². The molecule has 0 aliphatic rings. The summed E-state index contributed by atoms with van der Waals surface area (Å²) in [6, 6.07) is 0.211. The first-order valence-electron chi connectivity index (χ1n) is 6.18. The van der Waals surface area contributed by atoms with Gasteiger partial charge in [-0.25, -0.2) is 0 Å². The van der Waals surface area contributed by atoms with Gasteiger partial charge >= 0.3 is 0 Å². The minimum Gasteiger partial charge on any atom is -0.330 e. The highest BCUT2D eigenvalue weighted by atomic mass is 14.9. The van der Waals surface area contributed by atoms with E-state index < -0.39 is 0 Å². The molecule has 0 heterocycles. The van der Waals surface area contributed by atoms with Crippen molar-refractivity contribution in [3.05, 3.63) is 0 Å². The smallest absolute Gasteiger partial charge is 0.0177 e. The highest BCUT2D eigenvalue weighted by Crippen LogP contribution is 1.84. The molecule has 0 aromatic heterocycles. The Labute approximate surface area is 94.2 Å². The van der Waals surface area contributed by atoms with Crippen LogP contribution in [0.2, 0.25) is 0 Å². The Balaban J connectivity index is 2.98. The summed E-state index contributed by atoms with van der Waals surface area (Å²) in [7, 11) is 0. The van der Waals surface area contributed by atoms with Crippen LogP contribution in [-0.4, -0.2) is 38.8 Å². The first-order chi connectivity index (χ1) is 7.31. The maximum atomic E-state index is 5.81. The Morgan fingerprint density at radius 1 is 1.07 bits per heavy atom. The van der Waals surface area contributed by atoms with Crippen LogP contribution in [0.1, 0.15) is 32.6 Å². The molecule has 0 aliphatic heterocycles. The Bertz CT molecular complexity index is 119. The Morgan fingerprint density at radius 3 is 2.40 bits per heavy atom. The second kappa shape index (κ2) is 11.9. The van der Waals surface area contributed by atoms with Crippen molar-refractivity contribution in [2.24, 2.45) is 11.5 Å². The third-order valence-electron chi connectivity index (χ3n) is 2.36. The fourth-order valence-corrected chi connectivity index (χ4v) is 1.37. The van der Waals surface area contributed by atoms with Crippen molar-refractivity contribution < 1.29 is 0 Å². The highest BCUT2D eigenvalue weighted by molar-refractivity contribution is 4.64. The van der Waals surface area contributed by atoms with Gasteiger partial charge in [0, 0.05) is 12.6 Å². The van der Waals surface area contributed by atoms with Crippen LogP contribution in [0.5, 0.6) is 0 Å². The van der Waals surface area contributed by atoms with E-state index in [2.05, 4.69) is 17.6 Å². The van der Waals surface area contributed by atoms with E-state index in [-0.39, 0.29) is 6.04 Å². The van der Waals surface area contributed by atoms with Gasteiger partial charge in [-0.3, -0.25) is 0 Å². The van der Waals surface area contributed by atoms with Crippen molar-refractivity contribution in [2.75, 3.05) is 32.7 Å². The summed E-state index contributed by atoms with van der Waals surface area (Å²) in [5.74, 6) is 0. The normalized spacial score (nSPS) is 13.0. The molecule has 0 aliphatic carbocycles. The second-order valence-corrected chi connectivity index (χ2v) is 4.00. The van der Waals surface area contributed by atoms with Crippen LogP contribution in [-0.2, 0) is 0 Å². The number of nitrogens with one attached hydrogen (secondary N) is 2. The third kappa shape index (κ3) is 11.8. The zero-order valence-electron chi connectivity index (χ0n) is 10.1. The molecule has 1 unspecified atom stereocenters. The summed E-state index contributed by atoms with van der Waals surface area (Å²) in [6.07, 6.45) is 4.61. The van der Waals surface area contributed by atoms with Gasteiger partial charge in [0.2, 0.25) is 0 Å². The lowest BCUT2D eigenvalue weighted by molar-refractivity contribution is 0.528. The van der Waals surface area contributed by atoms with Gasteiger partial charge in [-0.1, -0.05) is 13.3 Å². The van der Waals surface area contributed by atoms with Crippen molar-refractivity contribution in [1.29, 1.82) is 0 Å². The number of hydrogen-bond donors (Lipinski definition) is 4. The highest BCUT2D eigenvalue weighted by Gasteiger charge is 1.98. The molecule has 4 heteroatoms. The molecular formula is C11H28N4. The molecule has 0 aromatic rings. The van der Waals surface area contributed by atoms with Gasteiger partial charge in [-0.05, 0) is 45.4 Å². The lowest BCUT2D eigenvalue weighted by Crippen LogP contribution is -2.36. The quantitative estimate of drug-likeness (QED) is 0.368. The molecule has 6 N–H and O–H groups in total. The SMILES string of the molecule is CCCCNCCCNCC(N)CCN. The molecule has 92 valence electrons. The van der Waals surface area contributed by atoms with Crippen molar-refractivity contribution in [2.45, 2.75) is 38.6 Å². The number of unbranched alkanes of at least 4 members (excludes halogenated alkanes) is 1. The zero-order valence-corrected chi connectivity index (χ0v) is 10.1. The second-order valence-electron chi connectivity index (χ2n) is 4.00. The van der Waals surface area contributed by atoms with Crippen molar-refractivity contribution in [3.8, 4) is 0 Å². The average molecular weight is 216 g/mol. The maximum absolute atomic E-state index is 5.81. The topological polar surface area (TPSA) is 76.1 Å². The minimum absolute atomic E-state index is 0.211. The van der Waals surface area contributed by atoms with Crippen LogP contribution in [0, 0.1) is 0 Å². The van der Waals surface area contributed by atoms with Crippen LogP contribution >= 0.6 is 0 Å². The van der Waals surface area contributed by atoms with Crippen molar-refractivity contribution in [3.63, 3.8) is 0 Å². The summed E-state index contributed by atoms with van der Waals surface area (Å²) in [5, 5.41) is 6.75. The van der Waals surface area contributed by atoms with Gasteiger partial charge in [0.15, 0.2) is 0 Å². The van der Waals surface area contributed by atoms with E-state index in [4.69, 9.17) is 11.5 Å². The van der Waals surface area contributed by atoms with Gasteiger partial charge < -0.3 is 22.1 Å². The Morgan fingerprint density at radius 2 is 1.73 bits per heavy atom. The van der Waals surface area contributed by atoms with Crippen LogP contribution in [0.3, 0.4) is 0 Å². The van der Waals surface area contributed by atoms with Gasteiger partial charge in [0.1, 0.15) is 0 Å². The molecule has 0 saturated carbocycles. The molecule has 0 radical (unpaired) electrons. The molecule has 4 nitrogen and oxygen atoms in total. The molecule has 0 amide bonds. The van der Waals surface area contributed by atoms with E-state index in [0.29, 0.717) is 6.54 Å². The van der Waals surface area contributed by atoms with E-state index in [1.54, 1.807) is 0 Å². The van der Waals surface area contributed by atoms with E-state index in [1.807, 2.05) is 0 Å². The molecule has 0 rings (SSSR count). The molecule has 0 spiro atoms. The lowest BCUT2D eigenvalue weighted by Gasteiger charge is -2.11. The zero-order chi connectivity index (χ0) is 11.4. The largest absolute Gasteiger partial charge is 0.330 e. The van der Waals surface area contributed by atoms with Crippen LogP contribution < -0.4 is 22.1 Å². The van der Waals surface area contributed by atoms with Crippen molar-refractivity contribution in [1.82, 2.24) is 10.6 Å². The Kier molecular flexibility index (Phi) is 11.8. The van der Waals surface area contributed by atoms with Gasteiger partial charge in [0.05, 0.1) is 0 Å². The summed E-state index contributed by atoms with van der Waals surface area (Å²) < 4.78 is 0. The Hall–Kier alpha value is -0.160. The molecule has 1 atom stereocenters. The molecule has 0 fully saturated rings. The third-order valence-corrected chi connectivity index (χ3v) is 2.36. The van der Waals surface area contributed by atoms with Crippen LogP contribution in [0.15, 0.2) is 0 Å². The number of hydrogen-bond acceptors (Lipinski definition) is 4. The van der Waals surface area contributed by atoms with Crippen molar-refractivity contribution >= 4 is 0 Å². The summed E-state index contributed by atoms with van der Waals surface area (Å²) in [4.78, 5) is 0. The number of nitrogens with two attached hydrogens (primary N) is 2. The first kappa shape index (κ1) is 14.8. The monoisotopic (exact) mass is 216 g/mol. The fourth-order valence-electron chi connectivity index (χ4n) is 1.37. The number of rotatable bonds is 11. The van der Waals surface area contributed by atoms with Crippen LogP contribution in [0.25, 0.3) is 0 Å². The predicted octanol–water partition coefficient (Wildman–Crippen LogP) is 0.0319. The minimum atomic E-state index is 0.211. The molecule has 0 aromatic carbocycles. The summed E-state index contributed by atoms with van der Waals surface area (Å²) in [5.41, 5.74) is 11.2. The first-order valence-corrected chi connectivity index (χ1v) is 6.18. The average Bonchev–Trinajstić information content (AvgIpc) is 2.22. The fraction of sp³-hybridized carbons (Fsp3) is 1.00. The summed E-state index contributed by atoms with van der Waals surface area (Å²) >= 11 is 0. The van der Waals surface area contributed by atoms with Gasteiger partial charge in [0.25, 0.3) is 0 Å². The lowest BCUT2D eigenvalue weighted by atomic mass is 10.2. The van der Waals surface area contributed by atoms with E-state index >= 15 is 0 Å². The van der Waals surface area contributed by atoms with E-state index in [9.17, 15) is 0 Å². The van der Waals surface area contributed by atoms with Crippen LogP contribution in [0.4, 0.5) is 0 Å². The molecule has 15 heavy (non-hydrogen) atoms. The van der Waals surface area contributed by atoms with Gasteiger partial charge in [-0.15, -0.1) is 0 Å². The standard InChI is InChI=1S/C11H28N4/c1-2-3-7-14-8-4-9-15-10-11(13)5-6-12/h11,14-15H,2-10,12-13H2,1H3. The van der Waals surface area contributed by atoms with Gasteiger partial charge in [-0.2, -0.15) is 0 Å².